The van der Waals surface area contributed by atoms with E-state index in [2.05, 4.69) is 15.9 Å². The number of nitrogens with one attached hydrogen (secondary N) is 1. The third-order valence-corrected chi connectivity index (χ3v) is 2.51. The molecule has 0 saturated heterocycles. The van der Waals surface area contributed by atoms with Crippen molar-refractivity contribution in [3.63, 3.8) is 0 Å². The molecule has 3 N–H and O–H groups in total. The largest absolute Gasteiger partial charge is 0.482 e. The maximum Gasteiger partial charge on any atom is 0.271 e. The van der Waals surface area contributed by atoms with Crippen molar-refractivity contribution in [2.45, 2.75) is 6.92 Å². The van der Waals surface area contributed by atoms with Crippen LogP contribution in [0.4, 0.5) is 0 Å². The minimum absolute atomic E-state index is 0.127. The fourth-order valence-corrected chi connectivity index (χ4v) is 2.13. The van der Waals surface area contributed by atoms with Crippen LogP contribution in [0.1, 0.15) is 5.56 Å². The Bertz CT molecular complexity index is 361. The zero-order valence-corrected chi connectivity index (χ0v) is 10.4. The third kappa shape index (κ3) is 3.37. The molecule has 1 aromatic rings. The summed E-state index contributed by atoms with van der Waals surface area (Å²) < 4.78 is 5.98. The number of halogens is 2. The van der Waals surface area contributed by atoms with Crippen molar-refractivity contribution in [3.8, 4) is 5.75 Å². The second kappa shape index (κ2) is 5.34. The fraction of sp³-hybridized carbons (Fsp3) is 0.222. The number of nitrogens with two attached hydrogens (primary N) is 1. The predicted molar refractivity (Wildman–Crippen MR) is 61.7 cm³/mol. The summed E-state index contributed by atoms with van der Waals surface area (Å²) in [5.74, 6) is 5.12. The molecule has 0 radical (unpaired) electrons. The molecule has 0 bridgehead atoms. The topological polar surface area (TPSA) is 64.3 Å². The normalized spacial score (nSPS) is 9.87. The Hall–Kier alpha value is -0.780. The van der Waals surface area contributed by atoms with Gasteiger partial charge >= 0.3 is 0 Å². The molecule has 0 spiro atoms. The molecule has 0 aliphatic heterocycles. The van der Waals surface area contributed by atoms with Gasteiger partial charge in [0.15, 0.2) is 6.61 Å². The molecule has 0 heterocycles. The van der Waals surface area contributed by atoms with Crippen LogP contribution in [0.5, 0.6) is 5.75 Å². The van der Waals surface area contributed by atoms with Crippen molar-refractivity contribution in [1.29, 1.82) is 0 Å². The van der Waals surface area contributed by atoms with E-state index in [1.165, 1.54) is 0 Å². The molecular formula is C9H10BrClN2O2. The number of aryl methyl sites for hydroxylation is 1. The molecular weight excluding hydrogens is 283 g/mol. The number of ether oxygens (including phenoxy) is 1. The van der Waals surface area contributed by atoms with Crippen molar-refractivity contribution in [2.24, 2.45) is 5.84 Å². The van der Waals surface area contributed by atoms with Crippen LogP contribution in [-0.4, -0.2) is 12.5 Å². The summed E-state index contributed by atoms with van der Waals surface area (Å²) in [6, 6.07) is 3.45. The Morgan fingerprint density at radius 3 is 2.87 bits per heavy atom. The van der Waals surface area contributed by atoms with E-state index in [9.17, 15) is 4.79 Å². The van der Waals surface area contributed by atoms with E-state index in [0.717, 1.165) is 5.56 Å². The molecule has 82 valence electrons. The van der Waals surface area contributed by atoms with Gasteiger partial charge in [0, 0.05) is 5.02 Å². The second-order valence-electron chi connectivity index (χ2n) is 2.89. The van der Waals surface area contributed by atoms with Crippen molar-refractivity contribution in [1.82, 2.24) is 5.43 Å². The smallest absolute Gasteiger partial charge is 0.271 e. The molecule has 0 aliphatic rings. The quantitative estimate of drug-likeness (QED) is 0.507. The molecule has 0 fully saturated rings. The lowest BCUT2D eigenvalue weighted by Crippen LogP contribution is -2.34. The molecule has 1 amide bonds. The standard InChI is InChI=1S/C9H10BrClN2O2/c1-5-2-6(11)3-7(10)9(5)15-4-8(14)13-12/h2-3H,4,12H2,1H3,(H,13,14). The zero-order chi connectivity index (χ0) is 11.4. The Balaban J connectivity index is 2.81. The van der Waals surface area contributed by atoms with Crippen LogP contribution in [-0.2, 0) is 4.79 Å². The number of amides is 1. The minimum Gasteiger partial charge on any atom is -0.482 e. The third-order valence-electron chi connectivity index (χ3n) is 1.70. The lowest BCUT2D eigenvalue weighted by Gasteiger charge is -2.10. The number of carbonyl (C=O) groups is 1. The van der Waals surface area contributed by atoms with Crippen LogP contribution in [0.3, 0.4) is 0 Å². The number of hydrogen-bond donors (Lipinski definition) is 2. The molecule has 0 unspecified atom stereocenters. The number of rotatable bonds is 3. The summed E-state index contributed by atoms with van der Waals surface area (Å²) in [6.45, 7) is 1.71. The average molecular weight is 294 g/mol. The number of benzene rings is 1. The molecule has 1 aromatic carbocycles. The molecule has 1 rings (SSSR count). The van der Waals surface area contributed by atoms with Crippen LogP contribution in [0.15, 0.2) is 16.6 Å². The Morgan fingerprint density at radius 1 is 1.67 bits per heavy atom. The molecule has 6 heteroatoms. The lowest BCUT2D eigenvalue weighted by molar-refractivity contribution is -0.123. The van der Waals surface area contributed by atoms with Crippen molar-refractivity contribution < 1.29 is 9.53 Å². The van der Waals surface area contributed by atoms with Gasteiger partial charge in [-0.1, -0.05) is 11.6 Å². The number of hydrazine groups is 1. The molecule has 0 saturated carbocycles. The SMILES string of the molecule is Cc1cc(Cl)cc(Br)c1OCC(=O)NN. The first-order chi connectivity index (χ1) is 7.04. The molecule has 0 aromatic heterocycles. The van der Waals surface area contributed by atoms with Crippen LogP contribution in [0.2, 0.25) is 5.02 Å². The van der Waals surface area contributed by atoms with Gasteiger partial charge in [-0.25, -0.2) is 5.84 Å². The van der Waals surface area contributed by atoms with Crippen molar-refractivity contribution in [3.05, 3.63) is 27.2 Å². The van der Waals surface area contributed by atoms with Gasteiger partial charge in [-0.15, -0.1) is 0 Å². The van der Waals surface area contributed by atoms with Crippen LogP contribution >= 0.6 is 27.5 Å². The highest BCUT2D eigenvalue weighted by Crippen LogP contribution is 2.31. The summed E-state index contributed by atoms with van der Waals surface area (Å²) in [6.07, 6.45) is 0. The first-order valence-electron chi connectivity index (χ1n) is 4.12. The lowest BCUT2D eigenvalue weighted by atomic mass is 10.2. The van der Waals surface area contributed by atoms with Crippen LogP contribution in [0.25, 0.3) is 0 Å². The van der Waals surface area contributed by atoms with Gasteiger partial charge in [-0.05, 0) is 40.5 Å². The van der Waals surface area contributed by atoms with Gasteiger partial charge in [0.05, 0.1) is 4.47 Å². The zero-order valence-electron chi connectivity index (χ0n) is 8.01. The van der Waals surface area contributed by atoms with E-state index in [1.807, 2.05) is 12.3 Å². The number of hydrogen-bond acceptors (Lipinski definition) is 3. The van der Waals surface area contributed by atoms with Crippen LogP contribution in [0, 0.1) is 6.92 Å². The molecule has 0 aliphatic carbocycles. The van der Waals surface area contributed by atoms with Crippen molar-refractivity contribution in [2.75, 3.05) is 6.61 Å². The highest BCUT2D eigenvalue weighted by Gasteiger charge is 2.08. The summed E-state index contributed by atoms with van der Waals surface area (Å²) in [4.78, 5) is 10.9. The van der Waals surface area contributed by atoms with Gasteiger partial charge in [0.25, 0.3) is 5.91 Å². The van der Waals surface area contributed by atoms with Gasteiger partial charge in [0.2, 0.25) is 0 Å². The summed E-state index contributed by atoms with van der Waals surface area (Å²) in [5, 5.41) is 0.606. The first-order valence-corrected chi connectivity index (χ1v) is 5.29. The highest BCUT2D eigenvalue weighted by atomic mass is 79.9. The maximum atomic E-state index is 10.9. The predicted octanol–water partition coefficient (Wildman–Crippen LogP) is 1.78. The van der Waals surface area contributed by atoms with Crippen molar-refractivity contribution >= 4 is 33.4 Å². The Labute approximate surface area is 101 Å². The molecule has 0 atom stereocenters. The summed E-state index contributed by atoms with van der Waals surface area (Å²) in [5.41, 5.74) is 2.83. The van der Waals surface area contributed by atoms with E-state index in [0.29, 0.717) is 15.2 Å². The molecule has 15 heavy (non-hydrogen) atoms. The first kappa shape index (κ1) is 12.3. The van der Waals surface area contributed by atoms with E-state index in [4.69, 9.17) is 22.2 Å². The van der Waals surface area contributed by atoms with Gasteiger partial charge in [0.1, 0.15) is 5.75 Å². The number of carbonyl (C=O) groups excluding carboxylic acids is 1. The maximum absolute atomic E-state index is 10.9. The minimum atomic E-state index is -0.392. The van der Waals surface area contributed by atoms with E-state index in [1.54, 1.807) is 12.1 Å². The van der Waals surface area contributed by atoms with Gasteiger partial charge < -0.3 is 4.74 Å². The second-order valence-corrected chi connectivity index (χ2v) is 4.18. The van der Waals surface area contributed by atoms with Crippen LogP contribution < -0.4 is 16.0 Å². The average Bonchev–Trinajstić information content (AvgIpc) is 2.15. The Morgan fingerprint density at radius 2 is 2.33 bits per heavy atom. The fourth-order valence-electron chi connectivity index (χ4n) is 1.05. The van der Waals surface area contributed by atoms with Gasteiger partial charge in [-0.2, -0.15) is 0 Å². The summed E-state index contributed by atoms with van der Waals surface area (Å²) in [7, 11) is 0. The van der Waals surface area contributed by atoms with Gasteiger partial charge in [-0.3, -0.25) is 10.2 Å². The Kier molecular flexibility index (Phi) is 4.38. The monoisotopic (exact) mass is 292 g/mol. The summed E-state index contributed by atoms with van der Waals surface area (Å²) >= 11 is 9.12. The van der Waals surface area contributed by atoms with E-state index in [-0.39, 0.29) is 6.61 Å². The van der Waals surface area contributed by atoms with E-state index < -0.39 is 5.91 Å². The highest BCUT2D eigenvalue weighted by molar-refractivity contribution is 9.10. The van der Waals surface area contributed by atoms with E-state index >= 15 is 0 Å². The molecule has 4 nitrogen and oxygen atoms in total.